The number of hydrogen-bond acceptors (Lipinski definition) is 3. The molecule has 11 rings (SSSR count). The normalized spacial score (nSPS) is 14.5. The van der Waals surface area contributed by atoms with Gasteiger partial charge in [-0.1, -0.05) is 127 Å². The Morgan fingerprint density at radius 1 is 0.520 bits per heavy atom. The van der Waals surface area contributed by atoms with Crippen molar-refractivity contribution < 1.29 is 4.42 Å². The Labute approximate surface area is 287 Å². The molecule has 1 atom stereocenters. The zero-order valence-electron chi connectivity index (χ0n) is 27.0. The zero-order chi connectivity index (χ0) is 32.8. The van der Waals surface area contributed by atoms with Crippen molar-refractivity contribution >= 4 is 76.8 Å². The van der Waals surface area contributed by atoms with Gasteiger partial charge in [-0.2, -0.15) is 0 Å². The second-order valence-corrected chi connectivity index (χ2v) is 13.2. The third-order valence-corrected chi connectivity index (χ3v) is 10.4. The van der Waals surface area contributed by atoms with Crippen LogP contribution in [0, 0.1) is 0 Å². The minimum Gasteiger partial charge on any atom is -0.453 e. The number of fused-ring (bicyclic) bond motifs is 10. The summed E-state index contributed by atoms with van der Waals surface area (Å²) in [7, 11) is 0. The van der Waals surface area contributed by atoms with E-state index in [2.05, 4.69) is 174 Å². The maximum Gasteiger partial charge on any atom is 0.159 e. The molecule has 1 N–H and O–H groups in total. The third-order valence-electron chi connectivity index (χ3n) is 10.4. The lowest BCUT2D eigenvalue weighted by Crippen LogP contribution is -2.32. The van der Waals surface area contributed by atoms with Crippen LogP contribution in [0.3, 0.4) is 0 Å². The fourth-order valence-corrected chi connectivity index (χ4v) is 8.15. The van der Waals surface area contributed by atoms with Gasteiger partial charge in [-0.25, -0.2) is 4.99 Å². The predicted octanol–water partition coefficient (Wildman–Crippen LogP) is 11.8. The third kappa shape index (κ3) is 3.90. The van der Waals surface area contributed by atoms with Gasteiger partial charge >= 0.3 is 0 Å². The van der Waals surface area contributed by atoms with E-state index in [1.54, 1.807) is 0 Å². The summed E-state index contributed by atoms with van der Waals surface area (Å²) in [5.74, 6) is 0.803. The van der Waals surface area contributed by atoms with Crippen molar-refractivity contribution in [2.75, 3.05) is 0 Å². The first-order valence-electron chi connectivity index (χ1n) is 17.1. The summed E-state index contributed by atoms with van der Waals surface area (Å²) in [5.41, 5.74) is 9.26. The lowest BCUT2D eigenvalue weighted by molar-refractivity contribution is 0.664. The molecule has 1 unspecified atom stereocenters. The van der Waals surface area contributed by atoms with Crippen LogP contribution in [0.4, 0.5) is 5.69 Å². The van der Waals surface area contributed by atoms with Gasteiger partial charge in [0.05, 0.1) is 34.0 Å². The number of furan rings is 1. The fourth-order valence-electron chi connectivity index (χ4n) is 8.15. The molecule has 10 aromatic rings. The number of nitrogens with zero attached hydrogens (tertiary/aromatic N) is 2. The molecule has 4 nitrogen and oxygen atoms in total. The van der Waals surface area contributed by atoms with Gasteiger partial charge in [-0.3, -0.25) is 0 Å². The second kappa shape index (κ2) is 10.4. The van der Waals surface area contributed by atoms with Gasteiger partial charge in [0.2, 0.25) is 0 Å². The Balaban J connectivity index is 1.22. The Hall–Kier alpha value is -6.65. The molecule has 0 aliphatic carbocycles. The summed E-state index contributed by atoms with van der Waals surface area (Å²) in [5, 5.41) is 13.2. The van der Waals surface area contributed by atoms with Crippen LogP contribution in [-0.2, 0) is 0 Å². The molecule has 3 heterocycles. The number of amidine groups is 1. The van der Waals surface area contributed by atoms with E-state index in [9.17, 15) is 0 Å². The van der Waals surface area contributed by atoms with E-state index in [1.807, 2.05) is 0 Å². The Morgan fingerprint density at radius 3 is 2.10 bits per heavy atom. The summed E-state index contributed by atoms with van der Waals surface area (Å²) in [4.78, 5) is 5.24. The SMILES string of the molecule is c1ccc(C2NC(c3cc4ccccc4c4c3oc3c(-n5c6ccccc6c6cc7ccccc7cc65)cccc34)=Nc3ccccc32)cc1. The number of para-hydroxylation sites is 3. The van der Waals surface area contributed by atoms with Crippen LogP contribution in [-0.4, -0.2) is 10.4 Å². The van der Waals surface area contributed by atoms with Crippen LogP contribution in [0.15, 0.2) is 173 Å². The first kappa shape index (κ1) is 27.3. The zero-order valence-corrected chi connectivity index (χ0v) is 27.0. The average Bonchev–Trinajstić information content (AvgIpc) is 3.73. The molecule has 8 aromatic carbocycles. The highest BCUT2D eigenvalue weighted by Gasteiger charge is 2.28. The first-order valence-corrected chi connectivity index (χ1v) is 17.1. The Morgan fingerprint density at radius 2 is 1.22 bits per heavy atom. The topological polar surface area (TPSA) is 42.5 Å². The van der Waals surface area contributed by atoms with E-state index in [1.165, 1.54) is 27.1 Å². The second-order valence-electron chi connectivity index (χ2n) is 13.2. The van der Waals surface area contributed by atoms with Crippen molar-refractivity contribution in [1.82, 2.24) is 9.88 Å². The average molecular weight is 640 g/mol. The van der Waals surface area contributed by atoms with E-state index in [4.69, 9.17) is 9.41 Å². The molecule has 4 heteroatoms. The molecular weight excluding hydrogens is 611 g/mol. The molecule has 234 valence electrons. The summed E-state index contributed by atoms with van der Waals surface area (Å²) in [6.45, 7) is 0. The van der Waals surface area contributed by atoms with Gasteiger partial charge in [0.1, 0.15) is 11.4 Å². The summed E-state index contributed by atoms with van der Waals surface area (Å²) in [6.07, 6.45) is 0. The standard InChI is InChI=1S/C46H29N3O/c1-2-13-28(14-3-1)43-34-20-8-10-22-38(34)47-46(48-43)37-26-31-17-6-7-18-32(31)42-35-21-12-24-40(44(35)50-45(37)42)49-39-23-11-9-19-33(39)36-25-29-15-4-5-16-30(29)27-41(36)49/h1-27,43H,(H,47,48). The quantitative estimate of drug-likeness (QED) is 0.209. The van der Waals surface area contributed by atoms with Gasteiger partial charge in [0, 0.05) is 27.1 Å². The van der Waals surface area contributed by atoms with Crippen molar-refractivity contribution in [3.63, 3.8) is 0 Å². The summed E-state index contributed by atoms with van der Waals surface area (Å²) in [6, 6.07) is 58.3. The van der Waals surface area contributed by atoms with Crippen molar-refractivity contribution in [2.24, 2.45) is 4.99 Å². The van der Waals surface area contributed by atoms with Gasteiger partial charge in [0.25, 0.3) is 0 Å². The molecule has 0 saturated heterocycles. The van der Waals surface area contributed by atoms with Gasteiger partial charge in [-0.05, 0) is 63.5 Å². The largest absolute Gasteiger partial charge is 0.453 e. The van der Waals surface area contributed by atoms with Crippen molar-refractivity contribution in [2.45, 2.75) is 6.04 Å². The van der Waals surface area contributed by atoms with Crippen LogP contribution < -0.4 is 5.32 Å². The lowest BCUT2D eigenvalue weighted by atomic mass is 9.94. The van der Waals surface area contributed by atoms with E-state index < -0.39 is 0 Å². The van der Waals surface area contributed by atoms with E-state index >= 15 is 0 Å². The van der Waals surface area contributed by atoms with E-state index in [-0.39, 0.29) is 6.04 Å². The Bertz CT molecular complexity index is 3020. The maximum atomic E-state index is 7.17. The molecule has 1 aliphatic rings. The van der Waals surface area contributed by atoms with Crippen molar-refractivity contribution in [3.05, 3.63) is 180 Å². The van der Waals surface area contributed by atoms with Crippen molar-refractivity contribution in [3.8, 4) is 5.69 Å². The number of nitrogens with one attached hydrogen (secondary N) is 1. The molecular formula is C46H29N3O. The van der Waals surface area contributed by atoms with Gasteiger partial charge in [0.15, 0.2) is 5.58 Å². The highest BCUT2D eigenvalue weighted by molar-refractivity contribution is 6.26. The number of hydrogen-bond donors (Lipinski definition) is 1. The molecule has 0 saturated carbocycles. The molecule has 0 radical (unpaired) electrons. The predicted molar refractivity (Wildman–Crippen MR) is 207 cm³/mol. The van der Waals surface area contributed by atoms with Crippen LogP contribution >= 0.6 is 0 Å². The van der Waals surface area contributed by atoms with E-state index in [0.717, 1.165) is 72.1 Å². The fraction of sp³-hybridized carbons (Fsp3) is 0.0217. The molecule has 0 bridgehead atoms. The van der Waals surface area contributed by atoms with Crippen LogP contribution in [0.5, 0.6) is 0 Å². The number of aliphatic imine (C=N–C) groups is 1. The minimum absolute atomic E-state index is 0.0474. The molecule has 50 heavy (non-hydrogen) atoms. The Kier molecular flexibility index (Phi) is 5.69. The molecule has 1 aliphatic heterocycles. The first-order chi connectivity index (χ1) is 24.8. The number of rotatable bonds is 3. The summed E-state index contributed by atoms with van der Waals surface area (Å²) >= 11 is 0. The highest BCUT2D eigenvalue weighted by Crippen LogP contribution is 2.43. The van der Waals surface area contributed by atoms with Crippen LogP contribution in [0.2, 0.25) is 0 Å². The van der Waals surface area contributed by atoms with Crippen LogP contribution in [0.25, 0.3) is 71.0 Å². The molecule has 0 amide bonds. The number of benzene rings is 8. The highest BCUT2D eigenvalue weighted by atomic mass is 16.3. The van der Waals surface area contributed by atoms with Gasteiger partial charge in [-0.15, -0.1) is 0 Å². The summed E-state index contributed by atoms with van der Waals surface area (Å²) < 4.78 is 9.55. The minimum atomic E-state index is -0.0474. The molecule has 0 fully saturated rings. The van der Waals surface area contributed by atoms with E-state index in [0.29, 0.717) is 0 Å². The van der Waals surface area contributed by atoms with Gasteiger partial charge < -0.3 is 14.3 Å². The van der Waals surface area contributed by atoms with Crippen LogP contribution in [0.1, 0.15) is 22.7 Å². The molecule has 0 spiro atoms. The lowest BCUT2D eigenvalue weighted by Gasteiger charge is -2.28. The molecule has 2 aromatic heterocycles. The monoisotopic (exact) mass is 639 g/mol. The van der Waals surface area contributed by atoms with Crippen molar-refractivity contribution in [1.29, 1.82) is 0 Å². The smallest absolute Gasteiger partial charge is 0.159 e. The maximum absolute atomic E-state index is 7.17. The number of aromatic nitrogens is 1.